The van der Waals surface area contributed by atoms with Crippen LogP contribution in [0.3, 0.4) is 0 Å². The smallest absolute Gasteiger partial charge is 0.407 e. The van der Waals surface area contributed by atoms with Crippen molar-refractivity contribution < 1.29 is 24.2 Å². The lowest BCUT2D eigenvalue weighted by Crippen LogP contribution is -2.50. The van der Waals surface area contributed by atoms with Crippen LogP contribution < -0.4 is 10.6 Å². The largest absolute Gasteiger partial charge is 0.480 e. The van der Waals surface area contributed by atoms with Gasteiger partial charge in [0.2, 0.25) is 5.91 Å². The number of carbonyl (C=O) groups is 3. The molecule has 34 heavy (non-hydrogen) atoms. The number of hydrogen-bond acceptors (Lipinski definition) is 4. The Kier molecular flexibility index (Phi) is 7.97. The van der Waals surface area contributed by atoms with Gasteiger partial charge < -0.3 is 20.5 Å². The number of carboxylic acid groups (broad SMARTS) is 1. The number of benzene rings is 2. The van der Waals surface area contributed by atoms with Gasteiger partial charge in [0.15, 0.2) is 0 Å². The van der Waals surface area contributed by atoms with Crippen molar-refractivity contribution in [2.24, 2.45) is 5.41 Å². The number of fused-ring (bicyclic) bond motifs is 3. The number of hydrogen-bond donors (Lipinski definition) is 3. The second-order valence-electron chi connectivity index (χ2n) is 9.86. The van der Waals surface area contributed by atoms with Crippen LogP contribution in [0.4, 0.5) is 4.79 Å². The van der Waals surface area contributed by atoms with Gasteiger partial charge in [-0.3, -0.25) is 4.79 Å². The second-order valence-corrected chi connectivity index (χ2v) is 9.86. The van der Waals surface area contributed by atoms with E-state index in [4.69, 9.17) is 4.74 Å². The molecule has 182 valence electrons. The first-order valence-electron chi connectivity index (χ1n) is 11.8. The SMILES string of the molecule is CCC[C@H](CC(=O)N[C@@H](C(=O)O)C(C)(C)C)NC(=O)OCC1c2ccccc2-c2ccccc21. The number of alkyl carbamates (subject to hydrolysis) is 1. The number of aliphatic carboxylic acids is 1. The Balaban J connectivity index is 1.60. The minimum absolute atomic E-state index is 0.0160. The molecule has 0 heterocycles. The summed E-state index contributed by atoms with van der Waals surface area (Å²) >= 11 is 0. The van der Waals surface area contributed by atoms with Crippen molar-refractivity contribution in [3.8, 4) is 11.1 Å². The van der Waals surface area contributed by atoms with Crippen molar-refractivity contribution >= 4 is 18.0 Å². The van der Waals surface area contributed by atoms with Gasteiger partial charge in [-0.25, -0.2) is 9.59 Å². The van der Waals surface area contributed by atoms with E-state index < -0.39 is 35.5 Å². The zero-order valence-corrected chi connectivity index (χ0v) is 20.3. The number of carbonyl (C=O) groups excluding carboxylic acids is 2. The van der Waals surface area contributed by atoms with Crippen LogP contribution in [0.15, 0.2) is 48.5 Å². The molecule has 1 aliphatic carbocycles. The summed E-state index contributed by atoms with van der Waals surface area (Å²) in [4.78, 5) is 36.7. The van der Waals surface area contributed by atoms with Crippen molar-refractivity contribution in [1.82, 2.24) is 10.6 Å². The predicted octanol–water partition coefficient (Wildman–Crippen LogP) is 4.70. The molecule has 0 aliphatic heterocycles. The van der Waals surface area contributed by atoms with E-state index in [0.29, 0.717) is 6.42 Å². The zero-order valence-electron chi connectivity index (χ0n) is 20.3. The zero-order chi connectivity index (χ0) is 24.9. The Labute approximate surface area is 200 Å². The molecule has 2 aromatic rings. The summed E-state index contributed by atoms with van der Waals surface area (Å²) < 4.78 is 5.60. The van der Waals surface area contributed by atoms with Crippen LogP contribution in [0, 0.1) is 5.41 Å². The van der Waals surface area contributed by atoms with Gasteiger partial charge in [0.05, 0.1) is 0 Å². The molecule has 0 unspecified atom stereocenters. The Morgan fingerprint density at radius 3 is 2.03 bits per heavy atom. The summed E-state index contributed by atoms with van der Waals surface area (Å²) in [5.41, 5.74) is 3.92. The third kappa shape index (κ3) is 5.95. The monoisotopic (exact) mass is 466 g/mol. The molecule has 0 aromatic heterocycles. The topological polar surface area (TPSA) is 105 Å². The minimum atomic E-state index is -1.09. The van der Waals surface area contributed by atoms with Crippen molar-refractivity contribution in [2.45, 2.75) is 65.0 Å². The lowest BCUT2D eigenvalue weighted by Gasteiger charge is -2.28. The van der Waals surface area contributed by atoms with Crippen LogP contribution in [0.25, 0.3) is 11.1 Å². The average molecular weight is 467 g/mol. The van der Waals surface area contributed by atoms with Gasteiger partial charge in [-0.15, -0.1) is 0 Å². The van der Waals surface area contributed by atoms with Gasteiger partial charge in [0.25, 0.3) is 0 Å². The lowest BCUT2D eigenvalue weighted by atomic mass is 9.86. The Hall–Kier alpha value is -3.35. The van der Waals surface area contributed by atoms with E-state index in [1.807, 2.05) is 31.2 Å². The highest BCUT2D eigenvalue weighted by Gasteiger charge is 2.33. The molecule has 3 N–H and O–H groups in total. The first kappa shape index (κ1) is 25.3. The number of rotatable bonds is 9. The highest BCUT2D eigenvalue weighted by Crippen LogP contribution is 2.44. The average Bonchev–Trinajstić information content (AvgIpc) is 3.09. The van der Waals surface area contributed by atoms with Crippen LogP contribution in [-0.2, 0) is 14.3 Å². The van der Waals surface area contributed by atoms with Crippen molar-refractivity contribution in [1.29, 1.82) is 0 Å². The van der Waals surface area contributed by atoms with Crippen LogP contribution in [0.1, 0.15) is 64.0 Å². The molecule has 0 saturated heterocycles. The third-order valence-electron chi connectivity index (χ3n) is 6.15. The number of nitrogens with one attached hydrogen (secondary N) is 2. The Bertz CT molecular complexity index is 998. The predicted molar refractivity (Wildman–Crippen MR) is 131 cm³/mol. The normalized spacial score (nSPS) is 14.5. The summed E-state index contributed by atoms with van der Waals surface area (Å²) in [5.74, 6) is -1.55. The van der Waals surface area contributed by atoms with E-state index in [0.717, 1.165) is 28.7 Å². The molecule has 2 amide bonds. The molecular weight excluding hydrogens is 432 g/mol. The van der Waals surface area contributed by atoms with Crippen LogP contribution in [0.2, 0.25) is 0 Å². The molecule has 2 atom stereocenters. The first-order chi connectivity index (χ1) is 16.1. The number of carboxylic acids is 1. The van der Waals surface area contributed by atoms with E-state index >= 15 is 0 Å². The van der Waals surface area contributed by atoms with E-state index in [2.05, 4.69) is 34.9 Å². The standard InChI is InChI=1S/C27H34N2O5/c1-5-10-17(15-23(30)29-24(25(31)32)27(2,3)4)28-26(33)34-16-22-20-13-8-6-11-18(20)19-12-7-9-14-21(19)22/h6-9,11-14,17,22,24H,5,10,15-16H2,1-4H3,(H,28,33)(H,29,30)(H,31,32)/t17-,24+/m1/s1. The fourth-order valence-electron chi connectivity index (χ4n) is 4.47. The number of ether oxygens (including phenoxy) is 1. The van der Waals surface area contributed by atoms with Crippen LogP contribution >= 0.6 is 0 Å². The Morgan fingerprint density at radius 1 is 0.971 bits per heavy atom. The molecule has 0 fully saturated rings. The second kappa shape index (κ2) is 10.7. The van der Waals surface area contributed by atoms with Crippen molar-refractivity contribution in [3.05, 3.63) is 59.7 Å². The molecule has 2 aromatic carbocycles. The van der Waals surface area contributed by atoms with Gasteiger partial charge in [0.1, 0.15) is 12.6 Å². The summed E-state index contributed by atoms with van der Waals surface area (Å²) in [6.07, 6.45) is 0.727. The summed E-state index contributed by atoms with van der Waals surface area (Å²) in [7, 11) is 0. The Morgan fingerprint density at radius 2 is 1.53 bits per heavy atom. The summed E-state index contributed by atoms with van der Waals surface area (Å²) in [6, 6.07) is 14.8. The fourth-order valence-corrected chi connectivity index (χ4v) is 4.47. The van der Waals surface area contributed by atoms with Crippen molar-refractivity contribution in [3.63, 3.8) is 0 Å². The molecule has 0 bridgehead atoms. The van der Waals surface area contributed by atoms with Gasteiger partial charge in [-0.1, -0.05) is 82.6 Å². The maximum absolute atomic E-state index is 12.6. The summed E-state index contributed by atoms with van der Waals surface area (Å²) in [5, 5.41) is 14.8. The molecule has 3 rings (SSSR count). The van der Waals surface area contributed by atoms with E-state index in [1.54, 1.807) is 20.8 Å². The molecule has 0 spiro atoms. The van der Waals surface area contributed by atoms with Gasteiger partial charge >= 0.3 is 12.1 Å². The molecule has 0 saturated carbocycles. The maximum Gasteiger partial charge on any atom is 0.407 e. The number of amides is 2. The molecular formula is C27H34N2O5. The van der Waals surface area contributed by atoms with Gasteiger partial charge in [0, 0.05) is 18.4 Å². The van der Waals surface area contributed by atoms with Gasteiger partial charge in [-0.05, 0) is 34.1 Å². The quantitative estimate of drug-likeness (QED) is 0.497. The molecule has 7 heteroatoms. The molecule has 1 aliphatic rings. The molecule has 0 radical (unpaired) electrons. The van der Waals surface area contributed by atoms with E-state index in [9.17, 15) is 19.5 Å². The minimum Gasteiger partial charge on any atom is -0.480 e. The third-order valence-corrected chi connectivity index (χ3v) is 6.15. The van der Waals surface area contributed by atoms with Crippen LogP contribution in [-0.4, -0.2) is 41.8 Å². The van der Waals surface area contributed by atoms with Gasteiger partial charge in [-0.2, -0.15) is 0 Å². The highest BCUT2D eigenvalue weighted by molar-refractivity contribution is 5.85. The lowest BCUT2D eigenvalue weighted by molar-refractivity contribution is -0.145. The first-order valence-corrected chi connectivity index (χ1v) is 11.8. The van der Waals surface area contributed by atoms with E-state index in [1.165, 1.54) is 0 Å². The highest BCUT2D eigenvalue weighted by atomic mass is 16.5. The molecule has 7 nitrogen and oxygen atoms in total. The maximum atomic E-state index is 12.6. The summed E-state index contributed by atoms with van der Waals surface area (Å²) in [6.45, 7) is 7.41. The van der Waals surface area contributed by atoms with Crippen molar-refractivity contribution in [2.75, 3.05) is 6.61 Å². The fraction of sp³-hybridized carbons (Fsp3) is 0.444. The van der Waals surface area contributed by atoms with E-state index in [-0.39, 0.29) is 18.9 Å². The van der Waals surface area contributed by atoms with Crippen LogP contribution in [0.5, 0.6) is 0 Å².